The van der Waals surface area contributed by atoms with Crippen molar-refractivity contribution in [3.05, 3.63) is 30.5 Å². The summed E-state index contributed by atoms with van der Waals surface area (Å²) in [6.45, 7) is 5.49. The molecule has 0 bridgehead atoms. The summed E-state index contributed by atoms with van der Waals surface area (Å²) in [5, 5.41) is 11.1. The van der Waals surface area contributed by atoms with Crippen LogP contribution in [-0.4, -0.2) is 25.2 Å². The van der Waals surface area contributed by atoms with E-state index in [1.807, 2.05) is 31.2 Å². The fourth-order valence-electron chi connectivity index (χ4n) is 2.33. The summed E-state index contributed by atoms with van der Waals surface area (Å²) in [4.78, 5) is 6.64. The van der Waals surface area contributed by atoms with Gasteiger partial charge in [0.15, 0.2) is 0 Å². The summed E-state index contributed by atoms with van der Waals surface area (Å²) in [5.41, 5.74) is 0. The second-order valence-electron chi connectivity index (χ2n) is 4.76. The van der Waals surface area contributed by atoms with Crippen molar-refractivity contribution in [1.82, 2.24) is 4.98 Å². The maximum atomic E-state index is 9.00. The Bertz CT molecular complexity index is 633. The van der Waals surface area contributed by atoms with Gasteiger partial charge in [-0.15, -0.1) is 0 Å². The van der Waals surface area contributed by atoms with Crippen LogP contribution in [0.4, 0.5) is 5.82 Å². The summed E-state index contributed by atoms with van der Waals surface area (Å²) < 4.78 is 5.40. The molecule has 0 saturated heterocycles. The van der Waals surface area contributed by atoms with Crippen molar-refractivity contribution in [2.24, 2.45) is 5.92 Å². The van der Waals surface area contributed by atoms with Gasteiger partial charge < -0.3 is 9.64 Å². The number of benzene rings is 1. The van der Waals surface area contributed by atoms with Crippen molar-refractivity contribution < 1.29 is 4.74 Å². The number of rotatable bonds is 5. The fraction of sp³-hybridized carbons (Fsp3) is 0.375. The molecule has 0 saturated carbocycles. The molecule has 4 heteroatoms. The Morgan fingerprint density at radius 2 is 2.15 bits per heavy atom. The van der Waals surface area contributed by atoms with E-state index in [0.29, 0.717) is 6.54 Å². The maximum Gasteiger partial charge on any atom is 0.136 e. The van der Waals surface area contributed by atoms with Crippen LogP contribution in [0.1, 0.15) is 13.8 Å². The molecule has 0 spiro atoms. The first-order valence-electron chi connectivity index (χ1n) is 6.77. The third kappa shape index (κ3) is 2.67. The van der Waals surface area contributed by atoms with Crippen molar-refractivity contribution in [3.63, 3.8) is 0 Å². The van der Waals surface area contributed by atoms with Crippen molar-refractivity contribution in [1.29, 1.82) is 5.26 Å². The second kappa shape index (κ2) is 6.25. The summed E-state index contributed by atoms with van der Waals surface area (Å²) in [6.07, 6.45) is 1.79. The lowest BCUT2D eigenvalue weighted by atomic mass is 10.1. The van der Waals surface area contributed by atoms with E-state index in [4.69, 9.17) is 10.00 Å². The van der Waals surface area contributed by atoms with Crippen LogP contribution in [0.2, 0.25) is 0 Å². The van der Waals surface area contributed by atoms with Crippen molar-refractivity contribution >= 4 is 16.6 Å². The molecule has 0 N–H and O–H groups in total. The molecular weight excluding hydrogens is 250 g/mol. The van der Waals surface area contributed by atoms with E-state index < -0.39 is 0 Å². The van der Waals surface area contributed by atoms with E-state index in [1.165, 1.54) is 0 Å². The van der Waals surface area contributed by atoms with Crippen LogP contribution in [-0.2, 0) is 0 Å². The number of hydrogen-bond acceptors (Lipinski definition) is 4. The normalized spacial score (nSPS) is 11.9. The number of anilines is 1. The second-order valence-corrected chi connectivity index (χ2v) is 4.76. The lowest BCUT2D eigenvalue weighted by molar-refractivity contribution is 0.420. The largest absolute Gasteiger partial charge is 0.496 e. The SMILES string of the molecule is CCN(CC(C)C#N)c1nccc2c(OC)cccc12. The number of nitriles is 1. The molecule has 2 aromatic rings. The van der Waals surface area contributed by atoms with E-state index in [9.17, 15) is 0 Å². The van der Waals surface area contributed by atoms with Gasteiger partial charge in [-0.1, -0.05) is 12.1 Å². The molecule has 1 unspecified atom stereocenters. The van der Waals surface area contributed by atoms with Crippen molar-refractivity contribution in [2.45, 2.75) is 13.8 Å². The Morgan fingerprint density at radius 3 is 2.80 bits per heavy atom. The first-order valence-corrected chi connectivity index (χ1v) is 6.77. The molecule has 0 fully saturated rings. The minimum Gasteiger partial charge on any atom is -0.496 e. The Labute approximate surface area is 119 Å². The van der Waals surface area contributed by atoms with E-state index in [-0.39, 0.29) is 5.92 Å². The monoisotopic (exact) mass is 269 g/mol. The molecule has 1 heterocycles. The predicted octanol–water partition coefficient (Wildman–Crippen LogP) is 3.23. The van der Waals surface area contributed by atoms with Gasteiger partial charge in [-0.2, -0.15) is 5.26 Å². The average molecular weight is 269 g/mol. The molecule has 2 rings (SSSR count). The van der Waals surface area contributed by atoms with E-state index in [1.54, 1.807) is 13.3 Å². The highest BCUT2D eigenvalue weighted by Gasteiger charge is 2.14. The molecule has 0 aliphatic rings. The average Bonchev–Trinajstić information content (AvgIpc) is 2.51. The molecule has 1 aromatic heterocycles. The number of aromatic nitrogens is 1. The zero-order valence-electron chi connectivity index (χ0n) is 12.1. The molecule has 1 aromatic carbocycles. The van der Waals surface area contributed by atoms with Crippen LogP contribution in [0.25, 0.3) is 10.8 Å². The van der Waals surface area contributed by atoms with Crippen LogP contribution in [0.3, 0.4) is 0 Å². The van der Waals surface area contributed by atoms with Gasteiger partial charge in [-0.3, -0.25) is 0 Å². The number of pyridine rings is 1. The quantitative estimate of drug-likeness (QED) is 0.836. The van der Waals surface area contributed by atoms with Gasteiger partial charge in [-0.25, -0.2) is 4.98 Å². The van der Waals surface area contributed by atoms with Crippen LogP contribution in [0.15, 0.2) is 30.5 Å². The van der Waals surface area contributed by atoms with Gasteiger partial charge in [0.25, 0.3) is 0 Å². The molecular formula is C16H19N3O. The molecule has 0 amide bonds. The highest BCUT2D eigenvalue weighted by Crippen LogP contribution is 2.31. The minimum atomic E-state index is -0.0300. The molecule has 1 atom stereocenters. The third-order valence-corrected chi connectivity index (χ3v) is 3.36. The molecule has 20 heavy (non-hydrogen) atoms. The van der Waals surface area contributed by atoms with Crippen LogP contribution < -0.4 is 9.64 Å². The maximum absolute atomic E-state index is 9.00. The van der Waals surface area contributed by atoms with Crippen LogP contribution in [0, 0.1) is 17.2 Å². The Hall–Kier alpha value is -2.28. The predicted molar refractivity (Wildman–Crippen MR) is 81.0 cm³/mol. The van der Waals surface area contributed by atoms with E-state index >= 15 is 0 Å². The highest BCUT2D eigenvalue weighted by atomic mass is 16.5. The zero-order chi connectivity index (χ0) is 14.5. The zero-order valence-corrected chi connectivity index (χ0v) is 12.1. The fourth-order valence-corrected chi connectivity index (χ4v) is 2.33. The van der Waals surface area contributed by atoms with Crippen LogP contribution >= 0.6 is 0 Å². The molecule has 0 aliphatic carbocycles. The number of nitrogens with zero attached hydrogens (tertiary/aromatic N) is 3. The lowest BCUT2D eigenvalue weighted by Crippen LogP contribution is -2.28. The molecule has 0 radical (unpaired) electrons. The summed E-state index contributed by atoms with van der Waals surface area (Å²) in [7, 11) is 1.67. The van der Waals surface area contributed by atoms with Gasteiger partial charge in [0.05, 0.1) is 19.1 Å². The first kappa shape index (κ1) is 14.1. The Morgan fingerprint density at radius 1 is 1.35 bits per heavy atom. The standard InChI is InChI=1S/C16H19N3O/c1-4-19(11-12(2)10-17)16-14-6-5-7-15(20-3)13(14)8-9-18-16/h5-9,12H,4,11H2,1-3H3. The van der Waals surface area contributed by atoms with Gasteiger partial charge in [-0.05, 0) is 26.0 Å². The topological polar surface area (TPSA) is 49.2 Å². The van der Waals surface area contributed by atoms with E-state index in [2.05, 4.69) is 22.9 Å². The van der Waals surface area contributed by atoms with Gasteiger partial charge in [0.1, 0.15) is 11.6 Å². The molecule has 0 aliphatic heterocycles. The molecule has 4 nitrogen and oxygen atoms in total. The van der Waals surface area contributed by atoms with Crippen molar-refractivity contribution in [2.75, 3.05) is 25.1 Å². The lowest BCUT2D eigenvalue weighted by Gasteiger charge is -2.24. The van der Waals surface area contributed by atoms with Crippen LogP contribution in [0.5, 0.6) is 5.75 Å². The number of methoxy groups -OCH3 is 1. The smallest absolute Gasteiger partial charge is 0.136 e. The Balaban J connectivity index is 2.51. The summed E-state index contributed by atoms with van der Waals surface area (Å²) >= 11 is 0. The first-order chi connectivity index (χ1) is 9.71. The number of hydrogen-bond donors (Lipinski definition) is 0. The molecule has 104 valence electrons. The Kier molecular flexibility index (Phi) is 4.41. The number of fused-ring (bicyclic) bond motifs is 1. The summed E-state index contributed by atoms with van der Waals surface area (Å²) in [5.74, 6) is 1.72. The van der Waals surface area contributed by atoms with Gasteiger partial charge >= 0.3 is 0 Å². The van der Waals surface area contributed by atoms with Crippen molar-refractivity contribution in [3.8, 4) is 11.8 Å². The number of ether oxygens (including phenoxy) is 1. The minimum absolute atomic E-state index is 0.0300. The van der Waals surface area contributed by atoms with E-state index in [0.717, 1.165) is 28.9 Å². The third-order valence-electron chi connectivity index (χ3n) is 3.36. The van der Waals surface area contributed by atoms with Gasteiger partial charge in [0.2, 0.25) is 0 Å². The van der Waals surface area contributed by atoms with Gasteiger partial charge in [0, 0.05) is 30.1 Å². The highest BCUT2D eigenvalue weighted by molar-refractivity contribution is 5.96. The summed E-state index contributed by atoms with van der Waals surface area (Å²) in [6, 6.07) is 10.2.